The van der Waals surface area contributed by atoms with Crippen molar-refractivity contribution in [3.8, 4) is 11.5 Å². The van der Waals surface area contributed by atoms with E-state index in [4.69, 9.17) is 0 Å². The van der Waals surface area contributed by atoms with Gasteiger partial charge in [-0.3, -0.25) is 24.5 Å². The maximum atomic E-state index is 14.1. The molecular weight excluding hydrogens is 517 g/mol. The molecule has 10 heteroatoms. The highest BCUT2D eigenvalue weighted by atomic mass is 19.1. The molecule has 3 atom stereocenters. The van der Waals surface area contributed by atoms with Crippen LogP contribution in [0.2, 0.25) is 0 Å². The van der Waals surface area contributed by atoms with E-state index >= 15 is 0 Å². The summed E-state index contributed by atoms with van der Waals surface area (Å²) in [6.07, 6.45) is 6.12. The van der Waals surface area contributed by atoms with E-state index in [2.05, 4.69) is 22.5 Å². The van der Waals surface area contributed by atoms with Crippen molar-refractivity contribution in [3.05, 3.63) is 77.8 Å². The molecule has 0 radical (unpaired) electrons. The van der Waals surface area contributed by atoms with Crippen LogP contribution in [0.15, 0.2) is 60.8 Å². The van der Waals surface area contributed by atoms with Crippen LogP contribution < -0.4 is 16.0 Å². The first kappa shape index (κ1) is 28.5. The number of rotatable bonds is 11. The summed E-state index contributed by atoms with van der Waals surface area (Å²) in [6, 6.07) is 8.46. The summed E-state index contributed by atoms with van der Waals surface area (Å²) < 4.78 is 14.1. The van der Waals surface area contributed by atoms with Gasteiger partial charge >= 0.3 is 0 Å². The molecule has 1 saturated heterocycles. The number of benzene rings is 2. The molecule has 2 fully saturated rings. The van der Waals surface area contributed by atoms with Crippen LogP contribution in [0.3, 0.4) is 0 Å². The Morgan fingerprint density at radius 3 is 2.48 bits per heavy atom. The molecule has 5 N–H and O–H groups in total. The average Bonchev–Trinajstić information content (AvgIpc) is 3.56. The quantitative estimate of drug-likeness (QED) is 0.125. The number of carbonyl (C=O) groups excluding carboxylic acids is 4. The van der Waals surface area contributed by atoms with E-state index in [1.807, 2.05) is 0 Å². The number of imide groups is 1. The van der Waals surface area contributed by atoms with Gasteiger partial charge < -0.3 is 20.8 Å². The third kappa shape index (κ3) is 7.13. The van der Waals surface area contributed by atoms with Crippen molar-refractivity contribution in [2.45, 2.75) is 50.6 Å². The Kier molecular flexibility index (Phi) is 8.98. The van der Waals surface area contributed by atoms with Crippen LogP contribution in [0.4, 0.5) is 4.39 Å². The lowest BCUT2D eigenvalue weighted by Gasteiger charge is -2.29. The zero-order valence-corrected chi connectivity index (χ0v) is 21.9. The van der Waals surface area contributed by atoms with Gasteiger partial charge in [0.25, 0.3) is 0 Å². The van der Waals surface area contributed by atoms with Crippen molar-refractivity contribution in [1.82, 2.24) is 16.0 Å². The van der Waals surface area contributed by atoms with Gasteiger partial charge in [-0.25, -0.2) is 4.39 Å². The van der Waals surface area contributed by atoms with Gasteiger partial charge in [0.15, 0.2) is 17.3 Å². The number of halogens is 1. The summed E-state index contributed by atoms with van der Waals surface area (Å²) >= 11 is 0. The predicted molar refractivity (Wildman–Crippen MR) is 145 cm³/mol. The Labute approximate surface area is 231 Å². The maximum absolute atomic E-state index is 14.1. The number of carbonyl (C=O) groups is 4. The third-order valence-corrected chi connectivity index (χ3v) is 7.29. The topological polar surface area (TPSA) is 145 Å². The number of Topliss-reactive ketones (excluding diaryl/α,β-unsaturated/α-hetero) is 1. The zero-order valence-electron chi connectivity index (χ0n) is 21.9. The number of phenolic OH excluding ortho intramolecular Hbond substituents is 2. The standard InChI is InChI=1S/C30H32FN3O6/c1-17(32-28(19-5-2-3-6-19)29(39)22-16-27(38)34-30(22)40)13-23(20-7-4-8-21(31)15-20)33-26(37)12-10-18-9-11-24(35)25(36)14-18/h4,7-12,14-15,19,22-23,28,32,35-36H,1-3,5-6,13,16H2,(H,33,37)(H,34,38,40)/b12-10+/t22-,23-,28?/m1/s1. The van der Waals surface area contributed by atoms with Crippen molar-refractivity contribution >= 4 is 29.6 Å². The van der Waals surface area contributed by atoms with Crippen molar-refractivity contribution in [1.29, 1.82) is 0 Å². The second-order valence-electron chi connectivity index (χ2n) is 10.2. The minimum atomic E-state index is -1.05. The number of nitrogens with one attached hydrogen (secondary N) is 3. The van der Waals surface area contributed by atoms with Gasteiger partial charge in [0.2, 0.25) is 17.7 Å². The van der Waals surface area contributed by atoms with Gasteiger partial charge in [0, 0.05) is 24.6 Å². The lowest BCUT2D eigenvalue weighted by molar-refractivity contribution is -0.133. The lowest BCUT2D eigenvalue weighted by atomic mass is 9.86. The summed E-state index contributed by atoms with van der Waals surface area (Å²) in [4.78, 5) is 50.2. The highest BCUT2D eigenvalue weighted by molar-refractivity contribution is 6.15. The van der Waals surface area contributed by atoms with Crippen LogP contribution in [0.1, 0.15) is 55.7 Å². The Morgan fingerprint density at radius 2 is 1.82 bits per heavy atom. The minimum absolute atomic E-state index is 0.0281. The molecule has 9 nitrogen and oxygen atoms in total. The summed E-state index contributed by atoms with van der Waals surface area (Å²) in [5, 5.41) is 27.3. The van der Waals surface area contributed by atoms with Crippen LogP contribution in [-0.2, 0) is 19.2 Å². The van der Waals surface area contributed by atoms with E-state index in [0.29, 0.717) is 16.8 Å². The van der Waals surface area contributed by atoms with Crippen molar-refractivity contribution < 1.29 is 33.8 Å². The van der Waals surface area contributed by atoms with Crippen LogP contribution in [0, 0.1) is 17.7 Å². The number of amides is 3. The van der Waals surface area contributed by atoms with Gasteiger partial charge in [0.05, 0.1) is 12.1 Å². The first-order chi connectivity index (χ1) is 19.1. The Morgan fingerprint density at radius 1 is 1.07 bits per heavy atom. The van der Waals surface area contributed by atoms with Crippen LogP contribution >= 0.6 is 0 Å². The summed E-state index contributed by atoms with van der Waals surface area (Å²) in [5.74, 6) is -4.10. The summed E-state index contributed by atoms with van der Waals surface area (Å²) in [6.45, 7) is 4.07. The fraction of sp³-hybridized carbons (Fsp3) is 0.333. The number of phenols is 2. The highest BCUT2D eigenvalue weighted by Gasteiger charge is 2.42. The molecule has 1 aliphatic heterocycles. The Balaban J connectivity index is 1.49. The SMILES string of the molecule is C=C(C[C@@H](NC(=O)/C=C/c1ccc(O)c(O)c1)c1cccc(F)c1)NC(C(=O)[C@H]1CC(=O)NC1=O)C1CCCC1. The molecule has 1 saturated carbocycles. The Hall–Kier alpha value is -4.47. The van der Waals surface area contributed by atoms with Crippen LogP contribution in [0.25, 0.3) is 6.08 Å². The normalized spacial score (nSPS) is 18.9. The van der Waals surface area contributed by atoms with Gasteiger partial charge in [-0.1, -0.05) is 37.6 Å². The first-order valence-corrected chi connectivity index (χ1v) is 13.2. The van der Waals surface area contributed by atoms with E-state index in [1.54, 1.807) is 6.07 Å². The molecule has 3 amide bonds. The molecule has 40 heavy (non-hydrogen) atoms. The number of aromatic hydroxyl groups is 2. The molecule has 210 valence electrons. The molecule has 0 spiro atoms. The molecule has 0 aromatic heterocycles. The number of hydrogen-bond acceptors (Lipinski definition) is 7. The van der Waals surface area contributed by atoms with E-state index in [-0.39, 0.29) is 36.0 Å². The first-order valence-electron chi connectivity index (χ1n) is 13.2. The van der Waals surface area contributed by atoms with Gasteiger partial charge in [-0.2, -0.15) is 0 Å². The molecule has 0 bridgehead atoms. The molecule has 2 aromatic carbocycles. The average molecular weight is 550 g/mol. The largest absolute Gasteiger partial charge is 0.504 e. The second kappa shape index (κ2) is 12.6. The molecule has 2 aromatic rings. The molecule has 4 rings (SSSR count). The fourth-order valence-electron chi connectivity index (χ4n) is 5.25. The van der Waals surface area contributed by atoms with E-state index in [1.165, 1.54) is 48.6 Å². The van der Waals surface area contributed by atoms with Gasteiger partial charge in [0.1, 0.15) is 11.7 Å². The molecule has 1 unspecified atom stereocenters. The van der Waals surface area contributed by atoms with E-state index < -0.39 is 41.5 Å². The second-order valence-corrected chi connectivity index (χ2v) is 10.2. The smallest absolute Gasteiger partial charge is 0.244 e. The van der Waals surface area contributed by atoms with Crippen LogP contribution in [0.5, 0.6) is 11.5 Å². The highest BCUT2D eigenvalue weighted by Crippen LogP contribution is 2.32. The van der Waals surface area contributed by atoms with Crippen molar-refractivity contribution in [2.24, 2.45) is 11.8 Å². The number of ketones is 1. The monoisotopic (exact) mass is 549 g/mol. The molecule has 1 heterocycles. The molecule has 2 aliphatic rings. The zero-order chi connectivity index (χ0) is 28.8. The van der Waals surface area contributed by atoms with Gasteiger partial charge in [-0.05, 0) is 60.2 Å². The van der Waals surface area contributed by atoms with E-state index in [9.17, 15) is 33.8 Å². The lowest BCUT2D eigenvalue weighted by Crippen LogP contribution is -2.46. The Bertz CT molecular complexity index is 1350. The van der Waals surface area contributed by atoms with Gasteiger partial charge in [-0.15, -0.1) is 0 Å². The summed E-state index contributed by atoms with van der Waals surface area (Å²) in [5.41, 5.74) is 1.37. The van der Waals surface area contributed by atoms with Crippen molar-refractivity contribution in [3.63, 3.8) is 0 Å². The van der Waals surface area contributed by atoms with Crippen molar-refractivity contribution in [2.75, 3.05) is 0 Å². The van der Waals surface area contributed by atoms with E-state index in [0.717, 1.165) is 25.7 Å². The minimum Gasteiger partial charge on any atom is -0.504 e. The molecule has 1 aliphatic carbocycles. The predicted octanol–water partition coefficient (Wildman–Crippen LogP) is 3.39. The van der Waals surface area contributed by atoms with Crippen LogP contribution in [-0.4, -0.2) is 39.8 Å². The summed E-state index contributed by atoms with van der Waals surface area (Å²) in [7, 11) is 0. The number of hydrogen-bond donors (Lipinski definition) is 5. The molecular formula is C30H32FN3O6. The fourth-order valence-corrected chi connectivity index (χ4v) is 5.25. The maximum Gasteiger partial charge on any atom is 0.244 e. The third-order valence-electron chi connectivity index (χ3n) is 7.29.